The molecule has 0 aliphatic heterocycles. The Labute approximate surface area is 187 Å². The van der Waals surface area contributed by atoms with Crippen LogP contribution in [-0.2, 0) is 19.1 Å². The lowest BCUT2D eigenvalue weighted by molar-refractivity contribution is -0.896. The maximum absolute atomic E-state index is 11.8. The van der Waals surface area contributed by atoms with Gasteiger partial charge in [0.1, 0.15) is 18.9 Å². The molecule has 11 heteroatoms. The first-order valence-electron chi connectivity index (χ1n) is 9.76. The average Bonchev–Trinajstić information content (AvgIpc) is 2.78. The van der Waals surface area contributed by atoms with Gasteiger partial charge in [0.15, 0.2) is 18.1 Å². The normalized spacial score (nSPS) is 10.2. The summed E-state index contributed by atoms with van der Waals surface area (Å²) in [5.41, 5.74) is 0. The van der Waals surface area contributed by atoms with E-state index < -0.39 is 17.9 Å². The quantitative estimate of drug-likeness (QED) is 0.278. The number of esters is 1. The fourth-order valence-electron chi connectivity index (χ4n) is 2.38. The zero-order valence-corrected chi connectivity index (χ0v) is 19.0. The number of quaternary nitrogens is 1. The summed E-state index contributed by atoms with van der Waals surface area (Å²) >= 11 is 0. The van der Waals surface area contributed by atoms with E-state index in [0.29, 0.717) is 41.8 Å². The summed E-state index contributed by atoms with van der Waals surface area (Å²) < 4.78 is 26.4. The van der Waals surface area contributed by atoms with Gasteiger partial charge in [0.25, 0.3) is 0 Å². The number of carbonyl (C=O) groups excluding carboxylic acids is 2. The van der Waals surface area contributed by atoms with Gasteiger partial charge in [-0.05, 0) is 19.9 Å². The molecule has 32 heavy (non-hydrogen) atoms. The highest BCUT2D eigenvalue weighted by Crippen LogP contribution is 2.40. The zero-order chi connectivity index (χ0) is 24.5. The molecule has 0 fully saturated rings. The summed E-state index contributed by atoms with van der Waals surface area (Å²) in [4.78, 5) is 32.1. The predicted octanol–water partition coefficient (Wildman–Crippen LogP) is -1.06. The number of carboxylic acid groups (broad SMARTS) is 2. The van der Waals surface area contributed by atoms with Crippen LogP contribution in [0.25, 0.3) is 0 Å². The number of hydrogen-bond acceptors (Lipinski definition) is 9. The van der Waals surface area contributed by atoms with Crippen LogP contribution in [0.3, 0.4) is 0 Å². The number of likely N-dealkylation sites (N-methyl/N-ethyl adjacent to an activating group) is 1. The molecule has 0 bridgehead atoms. The number of rotatable bonds is 13. The number of carbonyl (C=O) groups is 3. The van der Waals surface area contributed by atoms with Gasteiger partial charge in [-0.2, -0.15) is 0 Å². The molecule has 0 aliphatic rings. The molecular weight excluding hydrogens is 426 g/mol. The number of benzene rings is 1. The Hall–Kier alpha value is -3.47. The Morgan fingerprint density at radius 1 is 1.00 bits per heavy atom. The van der Waals surface area contributed by atoms with E-state index in [1.165, 1.54) is 26.2 Å². The van der Waals surface area contributed by atoms with E-state index in [1.807, 2.05) is 0 Å². The summed E-state index contributed by atoms with van der Waals surface area (Å²) in [7, 11) is 4.56. The smallest absolute Gasteiger partial charge is 0.344 e. The number of nitrogens with one attached hydrogen (secondary N) is 1. The molecule has 0 heterocycles. The van der Waals surface area contributed by atoms with Crippen molar-refractivity contribution in [1.29, 1.82) is 0 Å². The van der Waals surface area contributed by atoms with Gasteiger partial charge in [-0.3, -0.25) is 0 Å². The van der Waals surface area contributed by atoms with Crippen LogP contribution < -0.4 is 29.0 Å². The minimum absolute atomic E-state index is 0.174. The zero-order valence-electron chi connectivity index (χ0n) is 19.0. The Morgan fingerprint density at radius 3 is 1.94 bits per heavy atom. The third kappa shape index (κ3) is 11.6. The molecule has 0 spiro atoms. The van der Waals surface area contributed by atoms with Crippen molar-refractivity contribution in [3.63, 3.8) is 0 Å². The van der Waals surface area contributed by atoms with Crippen LogP contribution in [0, 0.1) is 0 Å². The van der Waals surface area contributed by atoms with Gasteiger partial charge in [0, 0.05) is 18.2 Å². The third-order valence-electron chi connectivity index (χ3n) is 4.08. The lowest BCUT2D eigenvalue weighted by atomic mass is 10.2. The van der Waals surface area contributed by atoms with Crippen LogP contribution >= 0.6 is 0 Å². The van der Waals surface area contributed by atoms with Crippen molar-refractivity contribution in [1.82, 2.24) is 0 Å². The van der Waals surface area contributed by atoms with E-state index in [0.717, 1.165) is 19.6 Å². The Bertz CT molecular complexity index is 718. The topological polar surface area (TPSA) is 145 Å². The van der Waals surface area contributed by atoms with Crippen molar-refractivity contribution in [3.05, 3.63) is 24.3 Å². The second-order valence-corrected chi connectivity index (χ2v) is 6.07. The standard InChI is InChI=1S/C17H27NO6.C4H4O4/c1-6-18(7-2)8-9-23-16(19)12-24-13-10-14(20-3)17(22-5)15(11-13)21-4;5-3(6)1-2-4(7)8/h10-11H,6-9,12H2,1-5H3;1-2H,(H,5,6)(H,7,8)/b;2-1-. The highest BCUT2D eigenvalue weighted by Gasteiger charge is 2.15. The lowest BCUT2D eigenvalue weighted by Crippen LogP contribution is -3.11. The van der Waals surface area contributed by atoms with E-state index in [2.05, 4.69) is 13.8 Å². The first-order valence-corrected chi connectivity index (χ1v) is 9.76. The van der Waals surface area contributed by atoms with E-state index in [4.69, 9.17) is 28.8 Å². The van der Waals surface area contributed by atoms with Crippen LogP contribution in [0.5, 0.6) is 23.0 Å². The molecular formula is C21H31NO10. The SMILES string of the molecule is CC[NH+](CC)CCOC(=O)COc1cc(OC)c(OC)c(OC)c1.O=C([O-])/C=C\C(=O)O. The lowest BCUT2D eigenvalue weighted by Gasteiger charge is -2.16. The average molecular weight is 457 g/mol. The van der Waals surface area contributed by atoms with Gasteiger partial charge < -0.3 is 43.6 Å². The summed E-state index contributed by atoms with van der Waals surface area (Å²) in [6.45, 7) is 7.23. The van der Waals surface area contributed by atoms with Crippen LogP contribution in [0.2, 0.25) is 0 Å². The number of hydrogen-bond donors (Lipinski definition) is 2. The van der Waals surface area contributed by atoms with Gasteiger partial charge in [0.05, 0.1) is 40.4 Å². The van der Waals surface area contributed by atoms with Crippen molar-refractivity contribution < 1.29 is 53.2 Å². The number of aliphatic carboxylic acids is 2. The summed E-state index contributed by atoms with van der Waals surface area (Å²) in [6.07, 6.45) is 0.942. The van der Waals surface area contributed by atoms with Crippen molar-refractivity contribution in [3.8, 4) is 23.0 Å². The van der Waals surface area contributed by atoms with Crippen LogP contribution in [0.1, 0.15) is 13.8 Å². The Kier molecular flexibility index (Phi) is 14.5. The molecule has 0 atom stereocenters. The predicted molar refractivity (Wildman–Crippen MR) is 111 cm³/mol. The molecule has 1 aromatic rings. The van der Waals surface area contributed by atoms with Crippen molar-refractivity contribution in [2.24, 2.45) is 0 Å². The fraction of sp³-hybridized carbons (Fsp3) is 0.476. The van der Waals surface area contributed by atoms with Gasteiger partial charge in [-0.25, -0.2) is 9.59 Å². The molecule has 0 amide bonds. The second kappa shape index (κ2) is 16.3. The summed E-state index contributed by atoms with van der Waals surface area (Å²) in [6, 6.07) is 3.27. The maximum Gasteiger partial charge on any atom is 0.344 e. The number of methoxy groups -OCH3 is 3. The molecule has 180 valence electrons. The Morgan fingerprint density at radius 2 is 1.56 bits per heavy atom. The molecule has 0 unspecified atom stereocenters. The maximum atomic E-state index is 11.8. The van der Waals surface area contributed by atoms with Crippen molar-refractivity contribution in [2.75, 3.05) is 54.2 Å². The minimum Gasteiger partial charge on any atom is -0.545 e. The van der Waals surface area contributed by atoms with E-state index in [9.17, 15) is 19.5 Å². The van der Waals surface area contributed by atoms with Crippen LogP contribution in [-0.4, -0.2) is 77.2 Å². The fourth-order valence-corrected chi connectivity index (χ4v) is 2.38. The van der Waals surface area contributed by atoms with Crippen molar-refractivity contribution >= 4 is 17.9 Å². The van der Waals surface area contributed by atoms with E-state index in [1.54, 1.807) is 12.1 Å². The van der Waals surface area contributed by atoms with Gasteiger partial charge >= 0.3 is 11.9 Å². The number of ether oxygens (including phenoxy) is 5. The van der Waals surface area contributed by atoms with Crippen LogP contribution in [0.15, 0.2) is 24.3 Å². The monoisotopic (exact) mass is 457 g/mol. The van der Waals surface area contributed by atoms with Crippen LogP contribution in [0.4, 0.5) is 0 Å². The molecule has 11 nitrogen and oxygen atoms in total. The first kappa shape index (κ1) is 28.5. The highest BCUT2D eigenvalue weighted by atomic mass is 16.6. The largest absolute Gasteiger partial charge is 0.545 e. The molecule has 0 saturated heterocycles. The molecule has 1 aromatic carbocycles. The van der Waals surface area contributed by atoms with E-state index in [-0.39, 0.29) is 6.61 Å². The minimum atomic E-state index is -1.51. The summed E-state index contributed by atoms with van der Waals surface area (Å²) in [5, 5.41) is 17.2. The molecule has 2 N–H and O–H groups in total. The molecule has 0 radical (unpaired) electrons. The van der Waals surface area contributed by atoms with Gasteiger partial charge in [-0.1, -0.05) is 0 Å². The Balaban J connectivity index is 0.00000102. The van der Waals surface area contributed by atoms with E-state index >= 15 is 0 Å². The molecule has 0 aliphatic carbocycles. The highest BCUT2D eigenvalue weighted by molar-refractivity contribution is 5.88. The third-order valence-corrected chi connectivity index (χ3v) is 4.08. The molecule has 1 rings (SSSR count). The molecule has 0 saturated carbocycles. The first-order chi connectivity index (χ1) is 15.2. The second-order valence-electron chi connectivity index (χ2n) is 6.07. The number of carboxylic acids is 2. The molecule has 0 aromatic heterocycles. The van der Waals surface area contributed by atoms with Gasteiger partial charge in [-0.15, -0.1) is 0 Å². The van der Waals surface area contributed by atoms with Gasteiger partial charge in [0.2, 0.25) is 5.75 Å². The summed E-state index contributed by atoms with van der Waals surface area (Å²) in [5.74, 6) is -1.37. The van der Waals surface area contributed by atoms with Crippen molar-refractivity contribution in [2.45, 2.75) is 13.8 Å².